The van der Waals surface area contributed by atoms with Crippen molar-refractivity contribution in [2.45, 2.75) is 17.4 Å². The lowest BCUT2D eigenvalue weighted by atomic mass is 10.0. The highest BCUT2D eigenvalue weighted by Gasteiger charge is 2.27. The summed E-state index contributed by atoms with van der Waals surface area (Å²) in [7, 11) is -2.01. The normalized spacial score (nSPS) is 15.3. The van der Waals surface area contributed by atoms with Gasteiger partial charge in [-0.3, -0.25) is 4.68 Å². The van der Waals surface area contributed by atoms with E-state index < -0.39 is 15.6 Å². The van der Waals surface area contributed by atoms with Gasteiger partial charge in [-0.1, -0.05) is 0 Å². The van der Waals surface area contributed by atoms with Crippen LogP contribution < -0.4 is 4.72 Å². The van der Waals surface area contributed by atoms with Crippen molar-refractivity contribution in [1.29, 1.82) is 0 Å². The fourth-order valence-corrected chi connectivity index (χ4v) is 3.43. The number of nitrogens with one attached hydrogen (secondary N) is 1. The molecule has 0 unspecified atom stereocenters. The number of rotatable bonds is 5. The fourth-order valence-electron chi connectivity index (χ4n) is 1.53. The maximum atomic E-state index is 12.0. The summed E-state index contributed by atoms with van der Waals surface area (Å²) in [5.41, 5.74) is -0.554. The molecule has 104 valence electrons. The molecule has 0 bridgehead atoms. The van der Waals surface area contributed by atoms with Crippen molar-refractivity contribution >= 4 is 21.4 Å². The van der Waals surface area contributed by atoms with Crippen LogP contribution in [-0.2, 0) is 22.7 Å². The van der Waals surface area contributed by atoms with Crippen LogP contribution in [0.15, 0.2) is 34.1 Å². The first-order valence-corrected chi connectivity index (χ1v) is 7.97. The number of hydrogen-bond acceptors (Lipinski definition) is 5. The Hall–Kier alpha value is -1.22. The smallest absolute Gasteiger partial charge is 0.243 e. The molecule has 0 aliphatic heterocycles. The van der Waals surface area contributed by atoms with Gasteiger partial charge in [-0.05, 0) is 29.3 Å². The van der Waals surface area contributed by atoms with Crippen LogP contribution in [0, 0.1) is 0 Å². The molecule has 0 radical (unpaired) electrons. The highest BCUT2D eigenvalue weighted by atomic mass is 32.2. The van der Waals surface area contributed by atoms with Gasteiger partial charge in [0.05, 0.1) is 6.20 Å². The summed E-state index contributed by atoms with van der Waals surface area (Å²) in [6, 6.07) is 1.77. The molecule has 0 fully saturated rings. The monoisotopic (exact) mass is 301 g/mol. The highest BCUT2D eigenvalue weighted by molar-refractivity contribution is 7.89. The lowest BCUT2D eigenvalue weighted by molar-refractivity contribution is 0.0632. The quantitative estimate of drug-likeness (QED) is 0.850. The third-order valence-electron chi connectivity index (χ3n) is 2.74. The number of aliphatic hydroxyl groups is 1. The van der Waals surface area contributed by atoms with Crippen molar-refractivity contribution in [1.82, 2.24) is 14.5 Å². The number of thiophene rings is 1. The molecule has 0 spiro atoms. The molecule has 8 heteroatoms. The molecular weight excluding hydrogens is 286 g/mol. The lowest BCUT2D eigenvalue weighted by Gasteiger charge is -2.22. The number of aromatic nitrogens is 2. The van der Waals surface area contributed by atoms with E-state index in [1.165, 1.54) is 28.4 Å². The zero-order valence-electron chi connectivity index (χ0n) is 10.6. The maximum Gasteiger partial charge on any atom is 0.243 e. The Bertz CT molecular complexity index is 645. The van der Waals surface area contributed by atoms with Gasteiger partial charge in [-0.15, -0.1) is 0 Å². The zero-order valence-corrected chi connectivity index (χ0v) is 12.2. The van der Waals surface area contributed by atoms with E-state index >= 15 is 0 Å². The summed E-state index contributed by atoms with van der Waals surface area (Å²) in [5.74, 6) is 0. The van der Waals surface area contributed by atoms with Crippen LogP contribution in [0.1, 0.15) is 12.5 Å². The Kier molecular flexibility index (Phi) is 3.77. The first-order chi connectivity index (χ1) is 8.81. The molecule has 2 aromatic heterocycles. The largest absolute Gasteiger partial charge is 0.384 e. The Labute approximate surface area is 115 Å². The number of hydrogen-bond donors (Lipinski definition) is 2. The van der Waals surface area contributed by atoms with Crippen LogP contribution in [0.5, 0.6) is 0 Å². The first-order valence-electron chi connectivity index (χ1n) is 5.55. The molecule has 0 aliphatic carbocycles. The maximum absolute atomic E-state index is 12.0. The second-order valence-electron chi connectivity index (χ2n) is 4.46. The second kappa shape index (κ2) is 5.04. The van der Waals surface area contributed by atoms with Gasteiger partial charge in [0.25, 0.3) is 0 Å². The summed E-state index contributed by atoms with van der Waals surface area (Å²) in [6.45, 7) is 1.47. The molecule has 2 N–H and O–H groups in total. The molecule has 19 heavy (non-hydrogen) atoms. The number of aryl methyl sites for hydroxylation is 1. The minimum atomic E-state index is -3.65. The van der Waals surface area contributed by atoms with Gasteiger partial charge in [0.2, 0.25) is 10.0 Å². The molecule has 6 nitrogen and oxygen atoms in total. The van der Waals surface area contributed by atoms with Crippen molar-refractivity contribution in [3.63, 3.8) is 0 Å². The van der Waals surface area contributed by atoms with E-state index in [1.54, 1.807) is 25.4 Å². The van der Waals surface area contributed by atoms with Crippen molar-refractivity contribution in [2.24, 2.45) is 7.05 Å². The number of nitrogens with zero attached hydrogens (tertiary/aromatic N) is 2. The molecule has 2 heterocycles. The standard InChI is InChI=1S/C11H15N3O3S2/c1-11(15,9-3-4-18-7-9)8-13-19(16,17)10-5-12-14(2)6-10/h3-7,13,15H,8H2,1-2H3/t11-/m1/s1. The average Bonchev–Trinajstić information content (AvgIpc) is 2.97. The molecule has 0 saturated heterocycles. The van der Waals surface area contributed by atoms with Gasteiger partial charge < -0.3 is 5.11 Å². The Balaban J connectivity index is 2.10. The van der Waals surface area contributed by atoms with Crippen LogP contribution in [0.25, 0.3) is 0 Å². The third-order valence-corrected chi connectivity index (χ3v) is 4.78. The van der Waals surface area contributed by atoms with Gasteiger partial charge >= 0.3 is 0 Å². The minimum absolute atomic E-state index is 0.0797. The van der Waals surface area contributed by atoms with E-state index in [0.29, 0.717) is 5.56 Å². The molecule has 0 aliphatic rings. The van der Waals surface area contributed by atoms with E-state index in [0.717, 1.165) is 0 Å². The van der Waals surface area contributed by atoms with Crippen LogP contribution >= 0.6 is 11.3 Å². The average molecular weight is 301 g/mol. The van der Waals surface area contributed by atoms with Gasteiger partial charge in [0.15, 0.2) is 0 Å². The van der Waals surface area contributed by atoms with Crippen LogP contribution in [0.4, 0.5) is 0 Å². The summed E-state index contributed by atoms with van der Waals surface area (Å²) >= 11 is 1.45. The SMILES string of the molecule is Cn1cc(S(=O)(=O)NC[C@@](C)(O)c2ccsc2)cn1. The Morgan fingerprint density at radius 1 is 1.58 bits per heavy atom. The van der Waals surface area contributed by atoms with Gasteiger partial charge in [0.1, 0.15) is 10.5 Å². The first kappa shape index (κ1) is 14.2. The Morgan fingerprint density at radius 2 is 2.32 bits per heavy atom. The summed E-state index contributed by atoms with van der Waals surface area (Å²) in [6.07, 6.45) is 2.67. The zero-order chi connectivity index (χ0) is 14.1. The van der Waals surface area contributed by atoms with Crippen molar-refractivity contribution < 1.29 is 13.5 Å². The second-order valence-corrected chi connectivity index (χ2v) is 7.01. The molecule has 2 rings (SSSR count). The summed E-state index contributed by atoms with van der Waals surface area (Å²) < 4.78 is 27.8. The van der Waals surface area contributed by atoms with Gasteiger partial charge in [-0.2, -0.15) is 16.4 Å². The van der Waals surface area contributed by atoms with E-state index in [4.69, 9.17) is 0 Å². The van der Waals surface area contributed by atoms with E-state index in [-0.39, 0.29) is 11.4 Å². The lowest BCUT2D eigenvalue weighted by Crippen LogP contribution is -2.38. The number of sulfonamides is 1. The Morgan fingerprint density at radius 3 is 2.84 bits per heavy atom. The van der Waals surface area contributed by atoms with Crippen LogP contribution in [0.2, 0.25) is 0 Å². The topological polar surface area (TPSA) is 84.2 Å². The molecule has 0 saturated carbocycles. The van der Waals surface area contributed by atoms with E-state index in [1.807, 2.05) is 5.38 Å². The van der Waals surface area contributed by atoms with E-state index in [9.17, 15) is 13.5 Å². The molecular formula is C11H15N3O3S2. The molecule has 0 amide bonds. The highest BCUT2D eigenvalue weighted by Crippen LogP contribution is 2.22. The van der Waals surface area contributed by atoms with Crippen molar-refractivity contribution in [3.05, 3.63) is 34.8 Å². The predicted octanol–water partition coefficient (Wildman–Crippen LogP) is 0.668. The summed E-state index contributed by atoms with van der Waals surface area (Å²) in [4.78, 5) is 0.0797. The minimum Gasteiger partial charge on any atom is -0.384 e. The van der Waals surface area contributed by atoms with Gasteiger partial charge in [-0.25, -0.2) is 13.1 Å². The van der Waals surface area contributed by atoms with Gasteiger partial charge in [0, 0.05) is 19.8 Å². The molecule has 0 aromatic carbocycles. The van der Waals surface area contributed by atoms with Crippen LogP contribution in [0.3, 0.4) is 0 Å². The van der Waals surface area contributed by atoms with Crippen molar-refractivity contribution in [3.8, 4) is 0 Å². The molecule has 2 aromatic rings. The fraction of sp³-hybridized carbons (Fsp3) is 0.364. The third kappa shape index (κ3) is 3.21. The van der Waals surface area contributed by atoms with Crippen LogP contribution in [-0.4, -0.2) is 29.8 Å². The predicted molar refractivity (Wildman–Crippen MR) is 72.3 cm³/mol. The van der Waals surface area contributed by atoms with E-state index in [2.05, 4.69) is 9.82 Å². The van der Waals surface area contributed by atoms with Crippen molar-refractivity contribution in [2.75, 3.05) is 6.54 Å². The summed E-state index contributed by atoms with van der Waals surface area (Å²) in [5, 5.41) is 17.7. The molecule has 1 atom stereocenters.